The zero-order valence-electron chi connectivity index (χ0n) is 9.45. The summed E-state index contributed by atoms with van der Waals surface area (Å²) in [5, 5.41) is 10.1. The molecule has 90 valence electrons. The average Bonchev–Trinajstić information content (AvgIpc) is 2.22. The number of rotatable bonds is 4. The standard InChI is InChI=1S/C12H17BrFNO/c1-7(2)9(6-15)12(16)8-3-4-10(13)11(14)5-8/h3-5,7,9,12,16H,6,15H2,1-2H3. The van der Waals surface area contributed by atoms with Crippen LogP contribution in [-0.2, 0) is 0 Å². The number of halogens is 2. The quantitative estimate of drug-likeness (QED) is 0.895. The summed E-state index contributed by atoms with van der Waals surface area (Å²) in [5.41, 5.74) is 6.19. The predicted molar refractivity (Wildman–Crippen MR) is 66.4 cm³/mol. The van der Waals surface area contributed by atoms with Crippen molar-refractivity contribution in [3.8, 4) is 0 Å². The fourth-order valence-electron chi connectivity index (χ4n) is 1.71. The van der Waals surface area contributed by atoms with Crippen LogP contribution in [0.2, 0.25) is 0 Å². The van der Waals surface area contributed by atoms with E-state index < -0.39 is 6.10 Å². The summed E-state index contributed by atoms with van der Waals surface area (Å²) < 4.78 is 13.7. The second-order valence-corrected chi connectivity index (χ2v) is 5.12. The van der Waals surface area contributed by atoms with Crippen LogP contribution in [0.5, 0.6) is 0 Å². The number of hydrogen-bond donors (Lipinski definition) is 2. The Bertz CT molecular complexity index is 357. The first-order chi connectivity index (χ1) is 7.47. The minimum atomic E-state index is -0.715. The van der Waals surface area contributed by atoms with Gasteiger partial charge in [0.15, 0.2) is 0 Å². The highest BCUT2D eigenvalue weighted by Gasteiger charge is 2.23. The van der Waals surface area contributed by atoms with Crippen LogP contribution in [0.4, 0.5) is 4.39 Å². The Balaban J connectivity index is 2.94. The molecule has 0 aliphatic carbocycles. The lowest BCUT2D eigenvalue weighted by Crippen LogP contribution is -2.26. The van der Waals surface area contributed by atoms with Gasteiger partial charge in [-0.1, -0.05) is 19.9 Å². The van der Waals surface area contributed by atoms with Gasteiger partial charge in [0.25, 0.3) is 0 Å². The minimum absolute atomic E-state index is 0.0550. The lowest BCUT2D eigenvalue weighted by Gasteiger charge is -2.25. The molecule has 3 N–H and O–H groups in total. The maximum absolute atomic E-state index is 13.3. The highest BCUT2D eigenvalue weighted by atomic mass is 79.9. The molecule has 0 spiro atoms. The Morgan fingerprint density at radius 3 is 2.50 bits per heavy atom. The van der Waals surface area contributed by atoms with Crippen LogP contribution in [0.25, 0.3) is 0 Å². The first-order valence-corrected chi connectivity index (χ1v) is 6.09. The van der Waals surface area contributed by atoms with E-state index in [0.717, 1.165) is 0 Å². The summed E-state index contributed by atoms with van der Waals surface area (Å²) in [7, 11) is 0. The third-order valence-electron chi connectivity index (χ3n) is 2.82. The molecule has 1 aromatic carbocycles. The Labute approximate surface area is 104 Å². The van der Waals surface area contributed by atoms with Crippen LogP contribution in [-0.4, -0.2) is 11.7 Å². The summed E-state index contributed by atoms with van der Waals surface area (Å²) >= 11 is 3.08. The molecule has 1 aromatic rings. The summed E-state index contributed by atoms with van der Waals surface area (Å²) in [6.45, 7) is 4.38. The summed E-state index contributed by atoms with van der Waals surface area (Å²) in [5.74, 6) is -0.164. The van der Waals surface area contributed by atoms with Crippen LogP contribution < -0.4 is 5.73 Å². The van der Waals surface area contributed by atoms with Crippen LogP contribution in [0.15, 0.2) is 22.7 Å². The van der Waals surface area contributed by atoms with Crippen LogP contribution in [0.1, 0.15) is 25.5 Å². The first-order valence-electron chi connectivity index (χ1n) is 5.30. The number of benzene rings is 1. The van der Waals surface area contributed by atoms with Crippen molar-refractivity contribution in [2.75, 3.05) is 6.54 Å². The molecule has 0 fully saturated rings. The first kappa shape index (κ1) is 13.6. The molecule has 1 rings (SSSR count). The molecule has 2 nitrogen and oxygen atoms in total. The van der Waals surface area contributed by atoms with E-state index in [4.69, 9.17) is 5.73 Å². The molecular formula is C12H17BrFNO. The van der Waals surface area contributed by atoms with Gasteiger partial charge in [0, 0.05) is 5.92 Å². The van der Waals surface area contributed by atoms with Crippen molar-refractivity contribution in [1.29, 1.82) is 0 Å². The second kappa shape index (κ2) is 5.75. The van der Waals surface area contributed by atoms with E-state index in [1.807, 2.05) is 13.8 Å². The van der Waals surface area contributed by atoms with Gasteiger partial charge in [-0.3, -0.25) is 0 Å². The van der Waals surface area contributed by atoms with Gasteiger partial charge >= 0.3 is 0 Å². The number of hydrogen-bond acceptors (Lipinski definition) is 2. The molecule has 4 heteroatoms. The summed E-state index contributed by atoms with van der Waals surface area (Å²) in [6, 6.07) is 4.66. The lowest BCUT2D eigenvalue weighted by atomic mass is 9.86. The van der Waals surface area contributed by atoms with E-state index in [-0.39, 0.29) is 17.7 Å². The summed E-state index contributed by atoms with van der Waals surface area (Å²) in [4.78, 5) is 0. The molecule has 0 heterocycles. The molecule has 16 heavy (non-hydrogen) atoms. The third kappa shape index (κ3) is 3.03. The van der Waals surface area contributed by atoms with Gasteiger partial charge in [0.2, 0.25) is 0 Å². The highest BCUT2D eigenvalue weighted by molar-refractivity contribution is 9.10. The van der Waals surface area contributed by atoms with Crippen molar-refractivity contribution in [3.63, 3.8) is 0 Å². The van der Waals surface area contributed by atoms with Gasteiger partial charge in [-0.2, -0.15) is 0 Å². The average molecular weight is 290 g/mol. The van der Waals surface area contributed by atoms with Crippen LogP contribution in [0, 0.1) is 17.7 Å². The topological polar surface area (TPSA) is 46.2 Å². The normalized spacial score (nSPS) is 15.2. The molecular weight excluding hydrogens is 273 g/mol. The van der Waals surface area contributed by atoms with Gasteiger partial charge < -0.3 is 10.8 Å². The Kier molecular flexibility index (Phi) is 4.89. The van der Waals surface area contributed by atoms with Gasteiger partial charge in [-0.25, -0.2) is 4.39 Å². The van der Waals surface area contributed by atoms with Gasteiger partial charge in [0.05, 0.1) is 10.6 Å². The third-order valence-corrected chi connectivity index (χ3v) is 3.46. The van der Waals surface area contributed by atoms with Crippen LogP contribution >= 0.6 is 15.9 Å². The minimum Gasteiger partial charge on any atom is -0.388 e. The van der Waals surface area contributed by atoms with Crippen molar-refractivity contribution in [2.24, 2.45) is 17.6 Å². The van der Waals surface area contributed by atoms with Crippen molar-refractivity contribution >= 4 is 15.9 Å². The largest absolute Gasteiger partial charge is 0.388 e. The molecule has 0 aromatic heterocycles. The van der Waals surface area contributed by atoms with Crippen molar-refractivity contribution in [1.82, 2.24) is 0 Å². The van der Waals surface area contributed by atoms with E-state index in [9.17, 15) is 9.50 Å². The second-order valence-electron chi connectivity index (χ2n) is 4.26. The van der Waals surface area contributed by atoms with E-state index in [1.165, 1.54) is 6.07 Å². The zero-order chi connectivity index (χ0) is 12.3. The molecule has 0 aliphatic heterocycles. The molecule has 0 radical (unpaired) electrons. The molecule has 0 saturated heterocycles. The van der Waals surface area contributed by atoms with Gasteiger partial charge in [-0.05, 0) is 46.1 Å². The molecule has 0 aliphatic rings. The number of aliphatic hydroxyl groups is 1. The lowest BCUT2D eigenvalue weighted by molar-refractivity contribution is 0.0858. The molecule has 0 amide bonds. The Hall–Kier alpha value is -0.450. The van der Waals surface area contributed by atoms with Gasteiger partial charge in [-0.15, -0.1) is 0 Å². The van der Waals surface area contributed by atoms with Crippen molar-refractivity contribution < 1.29 is 9.50 Å². The number of nitrogens with two attached hydrogens (primary N) is 1. The van der Waals surface area contributed by atoms with E-state index in [0.29, 0.717) is 16.6 Å². The molecule has 0 saturated carbocycles. The number of aliphatic hydroxyl groups excluding tert-OH is 1. The summed E-state index contributed by atoms with van der Waals surface area (Å²) in [6.07, 6.45) is -0.715. The maximum Gasteiger partial charge on any atom is 0.137 e. The molecule has 0 bridgehead atoms. The predicted octanol–water partition coefficient (Wildman–Crippen LogP) is 2.85. The van der Waals surface area contributed by atoms with Crippen molar-refractivity contribution in [2.45, 2.75) is 20.0 Å². The molecule has 2 atom stereocenters. The maximum atomic E-state index is 13.3. The molecule has 2 unspecified atom stereocenters. The fraction of sp³-hybridized carbons (Fsp3) is 0.500. The SMILES string of the molecule is CC(C)C(CN)C(O)c1ccc(Br)c(F)c1. The monoisotopic (exact) mass is 289 g/mol. The highest BCUT2D eigenvalue weighted by Crippen LogP contribution is 2.29. The van der Waals surface area contributed by atoms with E-state index >= 15 is 0 Å². The Morgan fingerprint density at radius 1 is 1.44 bits per heavy atom. The van der Waals surface area contributed by atoms with Gasteiger partial charge in [0.1, 0.15) is 5.82 Å². The Morgan fingerprint density at radius 2 is 2.06 bits per heavy atom. The van der Waals surface area contributed by atoms with Crippen LogP contribution in [0.3, 0.4) is 0 Å². The van der Waals surface area contributed by atoms with E-state index in [2.05, 4.69) is 15.9 Å². The smallest absolute Gasteiger partial charge is 0.137 e. The van der Waals surface area contributed by atoms with Crippen molar-refractivity contribution in [3.05, 3.63) is 34.1 Å². The van der Waals surface area contributed by atoms with E-state index in [1.54, 1.807) is 12.1 Å². The fourth-order valence-corrected chi connectivity index (χ4v) is 1.96. The zero-order valence-corrected chi connectivity index (χ0v) is 11.0.